The lowest BCUT2D eigenvalue weighted by molar-refractivity contribution is 0.0715. The van der Waals surface area contributed by atoms with Crippen molar-refractivity contribution in [3.8, 4) is 0 Å². The van der Waals surface area contributed by atoms with Crippen molar-refractivity contribution in [2.45, 2.75) is 18.9 Å². The molecule has 23 heavy (non-hydrogen) atoms. The number of amides is 1. The first-order chi connectivity index (χ1) is 11.2. The van der Waals surface area contributed by atoms with E-state index in [4.69, 9.17) is 16.0 Å². The maximum absolute atomic E-state index is 13.0. The summed E-state index contributed by atoms with van der Waals surface area (Å²) in [5, 5.41) is 0.619. The quantitative estimate of drug-likeness (QED) is 0.867. The number of fused-ring (bicyclic) bond motifs is 3. The van der Waals surface area contributed by atoms with Crippen LogP contribution in [0.4, 0.5) is 5.69 Å². The Kier molecular flexibility index (Phi) is 3.83. The number of aromatic nitrogens is 1. The molecule has 2 aromatic rings. The second-order valence-corrected chi connectivity index (χ2v) is 6.63. The van der Waals surface area contributed by atoms with Crippen LogP contribution in [0.2, 0.25) is 5.02 Å². The Balaban J connectivity index is 1.73. The largest absolute Gasteiger partial charge is 0.441 e. The number of carbonyl (C=O) groups excluding carboxylic acids is 1. The third kappa shape index (κ3) is 2.75. The van der Waals surface area contributed by atoms with Crippen molar-refractivity contribution in [2.75, 3.05) is 24.5 Å². The lowest BCUT2D eigenvalue weighted by Crippen LogP contribution is -2.59. The number of hydrogen-bond donors (Lipinski definition) is 0. The number of anilines is 1. The van der Waals surface area contributed by atoms with Crippen LogP contribution in [0.1, 0.15) is 23.5 Å². The van der Waals surface area contributed by atoms with Gasteiger partial charge in [0.15, 0.2) is 0 Å². The van der Waals surface area contributed by atoms with Gasteiger partial charge in [-0.05, 0) is 50.0 Å². The fraction of sp³-hybridized carbons (Fsp3) is 0.412. The highest BCUT2D eigenvalue weighted by Crippen LogP contribution is 2.35. The van der Waals surface area contributed by atoms with Gasteiger partial charge in [0.05, 0.1) is 12.2 Å². The van der Waals surface area contributed by atoms with Gasteiger partial charge >= 0.3 is 5.91 Å². The molecule has 4 heterocycles. The Morgan fingerprint density at radius 1 is 1.35 bits per heavy atom. The van der Waals surface area contributed by atoms with Crippen LogP contribution in [0.15, 0.2) is 41.1 Å². The third-order valence-electron chi connectivity index (χ3n) is 4.87. The molecule has 0 unspecified atom stereocenters. The van der Waals surface area contributed by atoms with Crippen molar-refractivity contribution in [1.82, 2.24) is 9.88 Å². The zero-order chi connectivity index (χ0) is 15.8. The van der Waals surface area contributed by atoms with Crippen molar-refractivity contribution < 1.29 is 9.21 Å². The topological polar surface area (TPSA) is 49.6 Å². The number of hydrogen-bond acceptors (Lipinski definition) is 4. The van der Waals surface area contributed by atoms with Gasteiger partial charge in [0.2, 0.25) is 0 Å². The summed E-state index contributed by atoms with van der Waals surface area (Å²) >= 11 is 6.15. The van der Waals surface area contributed by atoms with Gasteiger partial charge in [-0.3, -0.25) is 9.69 Å². The molecule has 5 rings (SSSR count). The molecule has 6 heteroatoms. The summed E-state index contributed by atoms with van der Waals surface area (Å²) < 4.78 is 5.25. The zero-order valence-corrected chi connectivity index (χ0v) is 13.4. The van der Waals surface area contributed by atoms with E-state index >= 15 is 0 Å². The normalized spacial score (nSPS) is 26.2. The SMILES string of the molecule is O=C(c1ncco1)N(c1cccc(Cl)c1)[C@H]1CN2CCC1CC2. The lowest BCUT2D eigenvalue weighted by Gasteiger charge is -2.48. The molecule has 3 saturated heterocycles. The van der Waals surface area contributed by atoms with E-state index in [2.05, 4.69) is 9.88 Å². The molecule has 1 amide bonds. The first kappa shape index (κ1) is 14.7. The van der Waals surface area contributed by atoms with E-state index in [1.54, 1.807) is 0 Å². The number of rotatable bonds is 3. The van der Waals surface area contributed by atoms with Crippen LogP contribution in [0, 0.1) is 5.92 Å². The number of nitrogens with zero attached hydrogens (tertiary/aromatic N) is 3. The van der Waals surface area contributed by atoms with Crippen LogP contribution in [0.5, 0.6) is 0 Å². The van der Waals surface area contributed by atoms with Gasteiger partial charge in [0, 0.05) is 17.3 Å². The number of carbonyl (C=O) groups is 1. The molecule has 1 atom stereocenters. The summed E-state index contributed by atoms with van der Waals surface area (Å²) in [5.74, 6) is 0.440. The van der Waals surface area contributed by atoms with E-state index in [1.165, 1.54) is 12.5 Å². The first-order valence-corrected chi connectivity index (χ1v) is 8.31. The average molecular weight is 332 g/mol. The van der Waals surface area contributed by atoms with Gasteiger partial charge in [0.25, 0.3) is 5.89 Å². The van der Waals surface area contributed by atoms with Crippen LogP contribution in [0.25, 0.3) is 0 Å². The molecule has 1 aromatic heterocycles. The van der Waals surface area contributed by atoms with Gasteiger partial charge < -0.3 is 9.32 Å². The minimum absolute atomic E-state index is 0.126. The van der Waals surface area contributed by atoms with Gasteiger partial charge in [-0.25, -0.2) is 4.98 Å². The van der Waals surface area contributed by atoms with E-state index in [1.807, 2.05) is 29.2 Å². The van der Waals surface area contributed by atoms with Crippen molar-refractivity contribution in [1.29, 1.82) is 0 Å². The van der Waals surface area contributed by atoms with Gasteiger partial charge in [-0.2, -0.15) is 0 Å². The maximum Gasteiger partial charge on any atom is 0.314 e. The Morgan fingerprint density at radius 3 is 2.78 bits per heavy atom. The lowest BCUT2D eigenvalue weighted by atomic mass is 9.83. The maximum atomic E-state index is 13.0. The molecule has 0 N–H and O–H groups in total. The van der Waals surface area contributed by atoms with Crippen LogP contribution >= 0.6 is 11.6 Å². The summed E-state index contributed by atoms with van der Waals surface area (Å²) in [4.78, 5) is 21.3. The molecule has 3 aliphatic heterocycles. The monoisotopic (exact) mass is 331 g/mol. The third-order valence-corrected chi connectivity index (χ3v) is 5.11. The van der Waals surface area contributed by atoms with Gasteiger partial charge in [-0.15, -0.1) is 0 Å². The van der Waals surface area contributed by atoms with Crippen LogP contribution < -0.4 is 4.90 Å². The zero-order valence-electron chi connectivity index (χ0n) is 12.7. The molecule has 2 bridgehead atoms. The van der Waals surface area contributed by atoms with Gasteiger partial charge in [-0.1, -0.05) is 17.7 Å². The molecular weight excluding hydrogens is 314 g/mol. The predicted molar refractivity (Wildman–Crippen MR) is 87.7 cm³/mol. The van der Waals surface area contributed by atoms with Crippen LogP contribution in [-0.2, 0) is 0 Å². The molecule has 1 aromatic carbocycles. The summed E-state index contributed by atoms with van der Waals surface area (Å²) in [5.41, 5.74) is 0.805. The number of oxazole rings is 1. The molecule has 120 valence electrons. The first-order valence-electron chi connectivity index (χ1n) is 7.93. The van der Waals surface area contributed by atoms with Gasteiger partial charge in [0.1, 0.15) is 6.26 Å². The summed E-state index contributed by atoms with van der Waals surface area (Å²) in [6.07, 6.45) is 5.18. The number of piperidine rings is 3. The van der Waals surface area contributed by atoms with Crippen molar-refractivity contribution >= 4 is 23.2 Å². The highest BCUT2D eigenvalue weighted by atomic mass is 35.5. The molecular formula is C17H18ClN3O2. The number of benzene rings is 1. The molecule has 0 saturated carbocycles. The highest BCUT2D eigenvalue weighted by Gasteiger charge is 2.41. The van der Waals surface area contributed by atoms with E-state index < -0.39 is 0 Å². The average Bonchev–Trinajstić information content (AvgIpc) is 3.11. The molecule has 5 nitrogen and oxygen atoms in total. The van der Waals surface area contributed by atoms with E-state index in [9.17, 15) is 4.79 Å². The van der Waals surface area contributed by atoms with E-state index in [0.29, 0.717) is 10.9 Å². The van der Waals surface area contributed by atoms with Crippen LogP contribution in [0.3, 0.4) is 0 Å². The van der Waals surface area contributed by atoms with E-state index in [0.717, 1.165) is 38.2 Å². The fourth-order valence-corrected chi connectivity index (χ4v) is 3.93. The fourth-order valence-electron chi connectivity index (χ4n) is 3.74. The second kappa shape index (κ2) is 5.98. The number of halogens is 1. The van der Waals surface area contributed by atoms with Crippen molar-refractivity contribution in [2.24, 2.45) is 5.92 Å². The Labute approximate surface area is 139 Å². The minimum atomic E-state index is -0.198. The molecule has 3 aliphatic rings. The molecule has 3 fully saturated rings. The Bertz CT molecular complexity index is 696. The summed E-state index contributed by atoms with van der Waals surface area (Å²) in [6, 6.07) is 7.57. The van der Waals surface area contributed by atoms with Crippen LogP contribution in [-0.4, -0.2) is 41.5 Å². The smallest absolute Gasteiger partial charge is 0.314 e. The van der Waals surface area contributed by atoms with Crippen molar-refractivity contribution in [3.63, 3.8) is 0 Å². The highest BCUT2D eigenvalue weighted by molar-refractivity contribution is 6.31. The predicted octanol–water partition coefficient (Wildman–Crippen LogP) is 3.07. The summed E-state index contributed by atoms with van der Waals surface area (Å²) in [6.45, 7) is 3.14. The van der Waals surface area contributed by atoms with E-state index in [-0.39, 0.29) is 17.8 Å². The second-order valence-electron chi connectivity index (χ2n) is 6.20. The minimum Gasteiger partial charge on any atom is -0.441 e. The summed E-state index contributed by atoms with van der Waals surface area (Å²) in [7, 11) is 0. The molecule has 0 radical (unpaired) electrons. The molecule has 0 spiro atoms. The van der Waals surface area contributed by atoms with Crippen molar-refractivity contribution in [3.05, 3.63) is 47.6 Å². The Hall–Kier alpha value is -1.85. The molecule has 0 aliphatic carbocycles. The Morgan fingerprint density at radius 2 is 2.17 bits per heavy atom. The standard InChI is InChI=1S/C17H18ClN3O2/c18-13-2-1-3-14(10-13)21(17(22)16-19-6-9-23-16)15-11-20-7-4-12(15)5-8-20/h1-3,6,9-10,12,15H,4-5,7-8,11H2/t15-/m0/s1.